The molecule has 2 aromatic rings. The summed E-state index contributed by atoms with van der Waals surface area (Å²) < 4.78 is 0. The number of urea groups is 1. The van der Waals surface area contributed by atoms with Gasteiger partial charge in [-0.25, -0.2) is 9.78 Å². The summed E-state index contributed by atoms with van der Waals surface area (Å²) in [6.07, 6.45) is 9.85. The highest BCUT2D eigenvalue weighted by atomic mass is 16.2. The Labute approximate surface area is 154 Å². The fraction of sp³-hybridized carbons (Fsp3) is 0.429. The van der Waals surface area contributed by atoms with E-state index in [1.165, 1.54) is 30.5 Å². The van der Waals surface area contributed by atoms with Crippen LogP contribution in [0.4, 0.5) is 22.0 Å². The first-order chi connectivity index (χ1) is 12.8. The molecule has 4 rings (SSSR count). The lowest BCUT2D eigenvalue weighted by molar-refractivity contribution is 0.244. The summed E-state index contributed by atoms with van der Waals surface area (Å²) in [5.74, 6) is 0.926. The summed E-state index contributed by atoms with van der Waals surface area (Å²) in [4.78, 5) is 19.0. The van der Waals surface area contributed by atoms with Crippen molar-refractivity contribution >= 4 is 23.2 Å². The van der Waals surface area contributed by atoms with Gasteiger partial charge in [0.1, 0.15) is 5.82 Å². The van der Waals surface area contributed by atoms with Crippen LogP contribution >= 0.6 is 0 Å². The van der Waals surface area contributed by atoms with Crippen LogP contribution in [-0.4, -0.2) is 23.6 Å². The van der Waals surface area contributed by atoms with E-state index in [9.17, 15) is 4.79 Å². The highest BCUT2D eigenvalue weighted by molar-refractivity contribution is 5.89. The molecule has 26 heavy (non-hydrogen) atoms. The van der Waals surface area contributed by atoms with Crippen molar-refractivity contribution in [3.63, 3.8) is 0 Å². The highest BCUT2D eigenvalue weighted by Crippen LogP contribution is 2.32. The molecule has 0 radical (unpaired) electrons. The van der Waals surface area contributed by atoms with E-state index < -0.39 is 0 Å². The van der Waals surface area contributed by atoms with Crippen molar-refractivity contribution in [2.45, 2.75) is 51.0 Å². The third kappa shape index (κ3) is 3.82. The first kappa shape index (κ1) is 16.9. The maximum absolute atomic E-state index is 12.2. The number of fused-ring (bicyclic) bond motifs is 1. The average Bonchev–Trinajstić information content (AvgIpc) is 2.69. The van der Waals surface area contributed by atoms with Crippen molar-refractivity contribution in [3.05, 3.63) is 48.2 Å². The van der Waals surface area contributed by atoms with Gasteiger partial charge in [0.05, 0.1) is 11.9 Å². The maximum Gasteiger partial charge on any atom is 0.319 e. The maximum atomic E-state index is 12.2. The molecule has 5 heteroatoms. The number of aromatic nitrogens is 1. The van der Waals surface area contributed by atoms with E-state index in [0.717, 1.165) is 43.7 Å². The van der Waals surface area contributed by atoms with Crippen molar-refractivity contribution in [1.29, 1.82) is 0 Å². The van der Waals surface area contributed by atoms with Gasteiger partial charge in [0, 0.05) is 18.3 Å². The van der Waals surface area contributed by atoms with E-state index in [1.54, 1.807) is 6.20 Å². The number of hydrogen-bond acceptors (Lipinski definition) is 3. The normalized spacial score (nSPS) is 17.5. The number of anilines is 3. The van der Waals surface area contributed by atoms with Crippen molar-refractivity contribution in [1.82, 2.24) is 10.3 Å². The number of nitrogens with zero attached hydrogens (tertiary/aromatic N) is 2. The van der Waals surface area contributed by atoms with Crippen LogP contribution in [0.15, 0.2) is 42.6 Å². The number of hydrogen-bond donors (Lipinski definition) is 2. The van der Waals surface area contributed by atoms with Crippen LogP contribution in [-0.2, 0) is 6.42 Å². The summed E-state index contributed by atoms with van der Waals surface area (Å²) in [5, 5.41) is 5.98. The van der Waals surface area contributed by atoms with Gasteiger partial charge in [-0.15, -0.1) is 0 Å². The molecule has 1 aliphatic carbocycles. The number of benzene rings is 1. The average molecular weight is 350 g/mol. The second-order valence-corrected chi connectivity index (χ2v) is 7.22. The van der Waals surface area contributed by atoms with Crippen LogP contribution in [0.25, 0.3) is 0 Å². The van der Waals surface area contributed by atoms with Gasteiger partial charge < -0.3 is 15.5 Å². The Kier molecular flexibility index (Phi) is 5.04. The van der Waals surface area contributed by atoms with Gasteiger partial charge in [0.2, 0.25) is 0 Å². The number of rotatable bonds is 3. The van der Waals surface area contributed by atoms with E-state index in [2.05, 4.69) is 44.8 Å². The molecule has 2 heterocycles. The minimum Gasteiger partial charge on any atom is -0.335 e. The Morgan fingerprint density at radius 1 is 1.04 bits per heavy atom. The zero-order valence-corrected chi connectivity index (χ0v) is 15.1. The monoisotopic (exact) mass is 350 g/mol. The van der Waals surface area contributed by atoms with E-state index in [-0.39, 0.29) is 6.03 Å². The minimum absolute atomic E-state index is 0.130. The Morgan fingerprint density at radius 2 is 1.88 bits per heavy atom. The van der Waals surface area contributed by atoms with Crippen LogP contribution in [0.2, 0.25) is 0 Å². The molecule has 2 amide bonds. The molecule has 1 aromatic carbocycles. The molecular formula is C21H26N4O. The van der Waals surface area contributed by atoms with Gasteiger partial charge in [-0.2, -0.15) is 0 Å². The lowest BCUT2D eigenvalue weighted by Crippen LogP contribution is -2.39. The topological polar surface area (TPSA) is 57.3 Å². The van der Waals surface area contributed by atoms with E-state index >= 15 is 0 Å². The molecule has 2 aliphatic rings. The Balaban J connectivity index is 1.40. The number of carbonyl (C=O) groups excluding carboxylic acids is 1. The molecule has 1 saturated carbocycles. The van der Waals surface area contributed by atoms with Crippen LogP contribution in [0.1, 0.15) is 44.1 Å². The summed E-state index contributed by atoms with van der Waals surface area (Å²) in [6, 6.07) is 12.6. The number of para-hydroxylation sites is 1. The van der Waals surface area contributed by atoms with E-state index in [1.807, 2.05) is 12.1 Å². The van der Waals surface area contributed by atoms with Crippen LogP contribution in [0, 0.1) is 0 Å². The predicted molar refractivity (Wildman–Crippen MR) is 105 cm³/mol. The third-order valence-electron chi connectivity index (χ3n) is 5.33. The molecular weight excluding hydrogens is 324 g/mol. The van der Waals surface area contributed by atoms with Gasteiger partial charge in [0.25, 0.3) is 0 Å². The van der Waals surface area contributed by atoms with Crippen LogP contribution < -0.4 is 15.5 Å². The van der Waals surface area contributed by atoms with Crippen molar-refractivity contribution in [2.24, 2.45) is 0 Å². The molecule has 1 aliphatic heterocycles. The number of amides is 2. The van der Waals surface area contributed by atoms with E-state index in [4.69, 9.17) is 0 Å². The van der Waals surface area contributed by atoms with Crippen LogP contribution in [0.3, 0.4) is 0 Å². The Morgan fingerprint density at radius 3 is 2.69 bits per heavy atom. The first-order valence-corrected chi connectivity index (χ1v) is 9.68. The number of aryl methyl sites for hydroxylation is 1. The lowest BCUT2D eigenvalue weighted by atomic mass is 9.96. The molecule has 0 bridgehead atoms. The fourth-order valence-corrected chi connectivity index (χ4v) is 3.99. The molecule has 2 N–H and O–H groups in total. The molecule has 0 spiro atoms. The zero-order chi connectivity index (χ0) is 17.8. The Bertz CT molecular complexity index is 753. The van der Waals surface area contributed by atoms with Gasteiger partial charge in [-0.05, 0) is 49.4 Å². The molecule has 1 aromatic heterocycles. The molecule has 0 saturated heterocycles. The summed E-state index contributed by atoms with van der Waals surface area (Å²) >= 11 is 0. The molecule has 0 unspecified atom stereocenters. The second kappa shape index (κ2) is 7.77. The summed E-state index contributed by atoms with van der Waals surface area (Å²) in [7, 11) is 0. The lowest BCUT2D eigenvalue weighted by Gasteiger charge is -2.30. The fourth-order valence-electron chi connectivity index (χ4n) is 3.99. The SMILES string of the molecule is O=C(Nc1ccc(N2CCCc3ccccc32)nc1)NC1CCCCC1. The molecule has 1 fully saturated rings. The van der Waals surface area contributed by atoms with Crippen molar-refractivity contribution in [2.75, 3.05) is 16.8 Å². The standard InChI is InChI=1S/C21H26N4O/c26-21(23-17-9-2-1-3-10-17)24-18-12-13-20(22-15-18)25-14-6-8-16-7-4-5-11-19(16)25/h4-5,7,11-13,15,17H,1-3,6,8-10,14H2,(H2,23,24,26). The van der Waals surface area contributed by atoms with Crippen molar-refractivity contribution < 1.29 is 4.79 Å². The third-order valence-corrected chi connectivity index (χ3v) is 5.33. The smallest absolute Gasteiger partial charge is 0.319 e. The second-order valence-electron chi connectivity index (χ2n) is 7.22. The summed E-state index contributed by atoms with van der Waals surface area (Å²) in [6.45, 7) is 0.971. The highest BCUT2D eigenvalue weighted by Gasteiger charge is 2.19. The largest absolute Gasteiger partial charge is 0.335 e. The number of pyridine rings is 1. The Hall–Kier alpha value is -2.56. The van der Waals surface area contributed by atoms with Gasteiger partial charge in [-0.3, -0.25) is 0 Å². The molecule has 0 atom stereocenters. The van der Waals surface area contributed by atoms with E-state index in [0.29, 0.717) is 6.04 Å². The van der Waals surface area contributed by atoms with Crippen LogP contribution in [0.5, 0.6) is 0 Å². The zero-order valence-electron chi connectivity index (χ0n) is 15.1. The quantitative estimate of drug-likeness (QED) is 0.849. The van der Waals surface area contributed by atoms with Crippen molar-refractivity contribution in [3.8, 4) is 0 Å². The van der Waals surface area contributed by atoms with Gasteiger partial charge in [0.15, 0.2) is 0 Å². The van der Waals surface area contributed by atoms with Gasteiger partial charge in [-0.1, -0.05) is 37.5 Å². The number of carbonyl (C=O) groups is 1. The first-order valence-electron chi connectivity index (χ1n) is 9.68. The minimum atomic E-state index is -0.130. The summed E-state index contributed by atoms with van der Waals surface area (Å²) in [5.41, 5.74) is 3.34. The molecule has 5 nitrogen and oxygen atoms in total. The molecule has 136 valence electrons. The number of nitrogens with one attached hydrogen (secondary N) is 2. The predicted octanol–water partition coefficient (Wildman–Crippen LogP) is 4.62. The van der Waals surface area contributed by atoms with Gasteiger partial charge >= 0.3 is 6.03 Å².